The van der Waals surface area contributed by atoms with Gasteiger partial charge in [0.1, 0.15) is 12.4 Å². The van der Waals surface area contributed by atoms with Crippen molar-refractivity contribution >= 4 is 41.3 Å². The summed E-state index contributed by atoms with van der Waals surface area (Å²) in [4.78, 5) is 5.87. The van der Waals surface area contributed by atoms with Crippen molar-refractivity contribution in [3.63, 3.8) is 0 Å². The molecular formula is C14H23IN6S. The van der Waals surface area contributed by atoms with E-state index in [2.05, 4.69) is 50.3 Å². The molecule has 0 aromatic carbocycles. The quantitative estimate of drug-likeness (QED) is 0.417. The SMILES string of the molecule is CCCNC(=NCc1nnc(C)n1C)NCc1cccs1.I. The smallest absolute Gasteiger partial charge is 0.192 e. The van der Waals surface area contributed by atoms with E-state index >= 15 is 0 Å². The molecule has 6 nitrogen and oxygen atoms in total. The second kappa shape index (κ2) is 9.78. The van der Waals surface area contributed by atoms with Gasteiger partial charge in [0.2, 0.25) is 0 Å². The van der Waals surface area contributed by atoms with Gasteiger partial charge in [-0.1, -0.05) is 13.0 Å². The summed E-state index contributed by atoms with van der Waals surface area (Å²) in [5.74, 6) is 2.57. The van der Waals surface area contributed by atoms with Crippen LogP contribution in [0.25, 0.3) is 0 Å². The summed E-state index contributed by atoms with van der Waals surface area (Å²) in [6.45, 7) is 6.27. The lowest BCUT2D eigenvalue weighted by molar-refractivity contribution is 0.745. The summed E-state index contributed by atoms with van der Waals surface area (Å²) in [5, 5.41) is 16.9. The van der Waals surface area contributed by atoms with Crippen molar-refractivity contribution in [2.75, 3.05) is 6.54 Å². The van der Waals surface area contributed by atoms with Crippen LogP contribution in [0.15, 0.2) is 22.5 Å². The zero-order valence-electron chi connectivity index (χ0n) is 13.2. The van der Waals surface area contributed by atoms with Gasteiger partial charge in [0, 0.05) is 18.5 Å². The number of hydrogen-bond donors (Lipinski definition) is 2. The van der Waals surface area contributed by atoms with Crippen molar-refractivity contribution in [1.29, 1.82) is 0 Å². The van der Waals surface area contributed by atoms with Crippen LogP contribution in [-0.4, -0.2) is 27.3 Å². The minimum atomic E-state index is 0. The number of aromatic nitrogens is 3. The Bertz CT molecular complexity index is 578. The molecule has 0 aliphatic rings. The van der Waals surface area contributed by atoms with Crippen molar-refractivity contribution in [1.82, 2.24) is 25.4 Å². The fraction of sp³-hybridized carbons (Fsp3) is 0.500. The number of nitrogens with one attached hydrogen (secondary N) is 2. The van der Waals surface area contributed by atoms with Gasteiger partial charge in [-0.05, 0) is 24.8 Å². The summed E-state index contributed by atoms with van der Waals surface area (Å²) in [5.41, 5.74) is 0. The molecule has 2 rings (SSSR count). The first kappa shape index (κ1) is 18.9. The second-order valence-corrected chi connectivity index (χ2v) is 5.78. The summed E-state index contributed by atoms with van der Waals surface area (Å²) in [7, 11) is 1.96. The van der Waals surface area contributed by atoms with Gasteiger partial charge in [0.25, 0.3) is 0 Å². The van der Waals surface area contributed by atoms with Crippen LogP contribution in [0.1, 0.15) is 29.9 Å². The maximum Gasteiger partial charge on any atom is 0.192 e. The predicted molar refractivity (Wildman–Crippen MR) is 102 cm³/mol. The number of aliphatic imine (C=N–C) groups is 1. The molecule has 0 amide bonds. The maximum atomic E-state index is 4.58. The van der Waals surface area contributed by atoms with Crippen LogP contribution in [0.5, 0.6) is 0 Å². The lowest BCUT2D eigenvalue weighted by Crippen LogP contribution is -2.37. The molecule has 0 atom stereocenters. The van der Waals surface area contributed by atoms with E-state index in [9.17, 15) is 0 Å². The molecule has 0 bridgehead atoms. The average molecular weight is 434 g/mol. The van der Waals surface area contributed by atoms with Gasteiger partial charge < -0.3 is 15.2 Å². The Labute approximate surface area is 152 Å². The Hall–Kier alpha value is -1.16. The number of rotatable bonds is 6. The maximum absolute atomic E-state index is 4.58. The Morgan fingerprint density at radius 2 is 2.18 bits per heavy atom. The standard InChI is InChI=1S/C14H22N6S.HI/c1-4-7-15-14(16-9-12-6-5-8-21-12)17-10-13-19-18-11(2)20(13)3;/h5-6,8H,4,7,9-10H2,1-3H3,(H2,15,16,17);1H. The van der Waals surface area contributed by atoms with Crippen LogP contribution in [0.3, 0.4) is 0 Å². The molecule has 0 aliphatic carbocycles. The van der Waals surface area contributed by atoms with Gasteiger partial charge in [0.15, 0.2) is 11.8 Å². The molecule has 2 N–H and O–H groups in total. The molecule has 0 unspecified atom stereocenters. The predicted octanol–water partition coefficient (Wildman–Crippen LogP) is 2.45. The number of guanidine groups is 1. The number of halogens is 1. The molecule has 22 heavy (non-hydrogen) atoms. The second-order valence-electron chi connectivity index (χ2n) is 4.75. The molecule has 0 saturated carbocycles. The number of hydrogen-bond acceptors (Lipinski definition) is 4. The molecule has 0 saturated heterocycles. The van der Waals surface area contributed by atoms with Crippen molar-refractivity contribution < 1.29 is 0 Å². The lowest BCUT2D eigenvalue weighted by atomic mass is 10.4. The van der Waals surface area contributed by atoms with Gasteiger partial charge in [-0.2, -0.15) is 0 Å². The van der Waals surface area contributed by atoms with Gasteiger partial charge in [0.05, 0.1) is 6.54 Å². The minimum Gasteiger partial charge on any atom is -0.356 e. The van der Waals surface area contributed by atoms with Crippen molar-refractivity contribution in [2.24, 2.45) is 12.0 Å². The molecule has 8 heteroatoms. The third-order valence-corrected chi connectivity index (χ3v) is 3.99. The Morgan fingerprint density at radius 1 is 1.36 bits per heavy atom. The summed E-state index contributed by atoms with van der Waals surface area (Å²) in [6.07, 6.45) is 1.06. The van der Waals surface area contributed by atoms with Gasteiger partial charge in [-0.15, -0.1) is 45.5 Å². The van der Waals surface area contributed by atoms with Crippen LogP contribution < -0.4 is 10.6 Å². The number of thiophene rings is 1. The zero-order valence-corrected chi connectivity index (χ0v) is 16.3. The number of aryl methyl sites for hydroxylation is 1. The highest BCUT2D eigenvalue weighted by molar-refractivity contribution is 14.0. The molecule has 122 valence electrons. The first-order chi connectivity index (χ1) is 10.2. The average Bonchev–Trinajstić information content (AvgIpc) is 3.11. The molecule has 0 aliphatic heterocycles. The molecule has 2 heterocycles. The molecule has 0 radical (unpaired) electrons. The first-order valence-corrected chi connectivity index (χ1v) is 7.98. The first-order valence-electron chi connectivity index (χ1n) is 7.10. The van der Waals surface area contributed by atoms with Gasteiger partial charge in [-0.3, -0.25) is 0 Å². The fourth-order valence-corrected chi connectivity index (χ4v) is 2.38. The molecular weight excluding hydrogens is 411 g/mol. The molecule has 2 aromatic rings. The highest BCUT2D eigenvalue weighted by Crippen LogP contribution is 2.07. The van der Waals surface area contributed by atoms with Crippen molar-refractivity contribution in [3.05, 3.63) is 34.0 Å². The summed E-state index contributed by atoms with van der Waals surface area (Å²) in [6, 6.07) is 4.17. The molecule has 0 fully saturated rings. The zero-order chi connectivity index (χ0) is 15.1. The van der Waals surface area contributed by atoms with E-state index in [-0.39, 0.29) is 24.0 Å². The third-order valence-electron chi connectivity index (χ3n) is 3.11. The fourth-order valence-electron chi connectivity index (χ4n) is 1.74. The van der Waals surface area contributed by atoms with E-state index in [4.69, 9.17) is 0 Å². The van der Waals surface area contributed by atoms with Gasteiger partial charge in [-0.25, -0.2) is 4.99 Å². The van der Waals surface area contributed by atoms with E-state index in [1.165, 1.54) is 4.88 Å². The third kappa shape index (κ3) is 5.56. The molecule has 0 spiro atoms. The van der Waals surface area contributed by atoms with E-state index in [1.807, 2.05) is 18.5 Å². The Balaban J connectivity index is 0.00000242. The topological polar surface area (TPSA) is 67.1 Å². The van der Waals surface area contributed by atoms with E-state index in [0.717, 1.165) is 37.1 Å². The Kier molecular flexibility index (Phi) is 8.39. The van der Waals surface area contributed by atoms with Crippen molar-refractivity contribution in [3.8, 4) is 0 Å². The molecule has 2 aromatic heterocycles. The lowest BCUT2D eigenvalue weighted by Gasteiger charge is -2.11. The van der Waals surface area contributed by atoms with Crippen LogP contribution in [-0.2, 0) is 20.1 Å². The number of nitrogens with zero attached hydrogens (tertiary/aromatic N) is 4. The highest BCUT2D eigenvalue weighted by Gasteiger charge is 2.05. The van der Waals surface area contributed by atoms with E-state index in [0.29, 0.717) is 6.54 Å². The van der Waals surface area contributed by atoms with Crippen LogP contribution in [0.2, 0.25) is 0 Å². The Morgan fingerprint density at radius 3 is 2.77 bits per heavy atom. The highest BCUT2D eigenvalue weighted by atomic mass is 127. The normalized spacial score (nSPS) is 11.1. The summed E-state index contributed by atoms with van der Waals surface area (Å²) >= 11 is 1.74. The van der Waals surface area contributed by atoms with Crippen LogP contribution in [0, 0.1) is 6.92 Å². The largest absolute Gasteiger partial charge is 0.356 e. The van der Waals surface area contributed by atoms with Gasteiger partial charge >= 0.3 is 0 Å². The van der Waals surface area contributed by atoms with Crippen LogP contribution >= 0.6 is 35.3 Å². The van der Waals surface area contributed by atoms with Crippen LogP contribution in [0.4, 0.5) is 0 Å². The summed E-state index contributed by atoms with van der Waals surface area (Å²) < 4.78 is 1.96. The van der Waals surface area contributed by atoms with E-state index < -0.39 is 0 Å². The minimum absolute atomic E-state index is 0. The van der Waals surface area contributed by atoms with E-state index in [1.54, 1.807) is 11.3 Å². The monoisotopic (exact) mass is 434 g/mol. The van der Waals surface area contributed by atoms with Crippen molar-refractivity contribution in [2.45, 2.75) is 33.4 Å².